The first-order valence-electron chi connectivity index (χ1n) is 14.3. The topological polar surface area (TPSA) is 47.6 Å². The summed E-state index contributed by atoms with van der Waals surface area (Å²) in [5, 5.41) is 0. The summed E-state index contributed by atoms with van der Waals surface area (Å²) < 4.78 is 0. The van der Waals surface area contributed by atoms with Crippen molar-refractivity contribution in [1.82, 2.24) is 0 Å². The zero-order valence-corrected chi connectivity index (χ0v) is 29.8. The van der Waals surface area contributed by atoms with Crippen LogP contribution in [0.25, 0.3) is 29.2 Å². The minimum absolute atomic E-state index is 0. The largest absolute Gasteiger partial charge is 2.00 e. The molecule has 0 fully saturated rings. The predicted octanol–water partition coefficient (Wildman–Crippen LogP) is 11.7. The van der Waals surface area contributed by atoms with Crippen LogP contribution in [0, 0.1) is 0 Å². The van der Waals surface area contributed by atoms with Gasteiger partial charge in [-0.25, -0.2) is 0 Å². The van der Waals surface area contributed by atoms with Crippen molar-refractivity contribution in [1.29, 1.82) is 0 Å². The average Bonchev–Trinajstić information content (AvgIpc) is 3.12. The molecule has 0 aromatic heterocycles. The molecule has 4 heteroatoms. The second-order valence-corrected chi connectivity index (χ2v) is 15.8. The number of hydrogen-bond acceptors (Lipinski definition) is 0. The van der Waals surface area contributed by atoms with Gasteiger partial charge in [0.25, 0.3) is 0 Å². The van der Waals surface area contributed by atoms with Crippen molar-refractivity contribution < 1.29 is 21.7 Å². The molecule has 4 rings (SSSR count). The summed E-state index contributed by atoms with van der Waals surface area (Å²) in [6.07, 6.45) is 8.31. The Morgan fingerprint density at radius 1 is 0.610 bits per heavy atom. The first-order chi connectivity index (χ1) is 18.6. The Balaban J connectivity index is 0.000000583. The summed E-state index contributed by atoms with van der Waals surface area (Å²) in [6, 6.07) is 29.5. The summed E-state index contributed by atoms with van der Waals surface area (Å²) in [5.74, 6) is 0. The van der Waals surface area contributed by atoms with E-state index >= 15 is 0 Å². The van der Waals surface area contributed by atoms with Gasteiger partial charge in [-0.05, 0) is 47.2 Å². The van der Waals surface area contributed by atoms with Crippen LogP contribution in [0.3, 0.4) is 0 Å². The Hall–Kier alpha value is -2.27. The molecule has 1 atom stereocenters. The van der Waals surface area contributed by atoms with Crippen molar-refractivity contribution >= 4 is 26.5 Å². The van der Waals surface area contributed by atoms with E-state index < -0.39 is 8.80 Å². The van der Waals surface area contributed by atoms with Crippen molar-refractivity contribution in [3.8, 4) is 0 Å². The van der Waals surface area contributed by atoms with Gasteiger partial charge in [-0.1, -0.05) is 169 Å². The van der Waals surface area contributed by atoms with E-state index in [2.05, 4.69) is 99.8 Å². The molecule has 1 unspecified atom stereocenters. The van der Waals surface area contributed by atoms with Gasteiger partial charge in [-0.3, -0.25) is 0 Å². The van der Waals surface area contributed by atoms with E-state index in [1.54, 1.807) is 11.1 Å². The van der Waals surface area contributed by atoms with Gasteiger partial charge in [0.2, 0.25) is 0 Å². The van der Waals surface area contributed by atoms with Gasteiger partial charge >= 0.3 is 21.7 Å². The molecule has 1 aliphatic carbocycles. The van der Waals surface area contributed by atoms with Gasteiger partial charge in [0, 0.05) is 8.80 Å². The van der Waals surface area contributed by atoms with E-state index in [-0.39, 0.29) is 32.8 Å². The molecule has 0 saturated carbocycles. The second-order valence-electron chi connectivity index (χ2n) is 12.7. The summed E-state index contributed by atoms with van der Waals surface area (Å²) >= 11 is 0. The molecule has 2 nitrogen and oxygen atoms in total. The molecule has 2 N–H and O–H groups in total. The van der Waals surface area contributed by atoms with Gasteiger partial charge in [0.05, 0.1) is 0 Å². The molecule has 41 heavy (non-hydrogen) atoms. The Morgan fingerprint density at radius 2 is 0.951 bits per heavy atom. The molecule has 3 aromatic carbocycles. The maximum atomic E-state index is 6.94. The molecule has 0 spiro atoms. The van der Waals surface area contributed by atoms with Crippen LogP contribution < -0.4 is 0 Å². The van der Waals surface area contributed by atoms with Crippen LogP contribution in [0.4, 0.5) is 0 Å². The number of benzene rings is 3. The van der Waals surface area contributed by atoms with Gasteiger partial charge in [-0.2, -0.15) is 0 Å². The van der Waals surface area contributed by atoms with E-state index in [1.807, 2.05) is 77.9 Å². The van der Waals surface area contributed by atoms with Gasteiger partial charge in [-0.15, -0.1) is 11.1 Å². The Bertz CT molecular complexity index is 1140. The van der Waals surface area contributed by atoms with Crippen molar-refractivity contribution in [3.05, 3.63) is 136 Å². The van der Waals surface area contributed by atoms with Crippen LogP contribution in [0.2, 0.25) is 13.1 Å². The quantitative estimate of drug-likeness (QED) is 0.211. The van der Waals surface area contributed by atoms with E-state index in [0.29, 0.717) is 0 Å². The third kappa shape index (κ3) is 18.0. The van der Waals surface area contributed by atoms with E-state index in [1.165, 1.54) is 22.3 Å². The Kier molecular flexibility index (Phi) is 18.0. The van der Waals surface area contributed by atoms with E-state index in [9.17, 15) is 0 Å². The number of fused-ring (bicyclic) bond motifs is 1. The van der Waals surface area contributed by atoms with Crippen molar-refractivity contribution in [3.63, 3.8) is 0 Å². The van der Waals surface area contributed by atoms with Crippen LogP contribution in [-0.2, 0) is 21.7 Å². The normalized spacial score (nSPS) is 14.3. The van der Waals surface area contributed by atoms with Crippen molar-refractivity contribution in [2.24, 2.45) is 0 Å². The summed E-state index contributed by atoms with van der Waals surface area (Å²) in [6.45, 7) is 20.6. The zero-order valence-electron chi connectivity index (χ0n) is 27.0. The number of allylic oxidation sites excluding steroid dienone is 4. The maximum Gasteiger partial charge on any atom is 2.00 e. The van der Waals surface area contributed by atoms with Crippen LogP contribution in [0.1, 0.15) is 83.2 Å². The molecule has 0 aliphatic heterocycles. The van der Waals surface area contributed by atoms with Crippen LogP contribution >= 0.6 is 0 Å². The molecular weight excluding hydrogens is 548 g/mol. The fourth-order valence-corrected chi connectivity index (χ4v) is 6.37. The molecular formula is C37H52N2SiTi. The number of hydrogen-bond donors (Lipinski definition) is 0. The van der Waals surface area contributed by atoms with Crippen molar-refractivity contribution in [2.45, 2.75) is 85.1 Å². The monoisotopic (exact) mass is 600 g/mol. The minimum atomic E-state index is -0.614. The Labute approximate surface area is 268 Å². The van der Waals surface area contributed by atoms with Crippen LogP contribution in [0.5, 0.6) is 0 Å². The first kappa shape index (κ1) is 38.7. The molecule has 0 heterocycles. The average molecular weight is 601 g/mol. The molecule has 0 amide bonds. The van der Waals surface area contributed by atoms with Crippen molar-refractivity contribution in [2.75, 3.05) is 0 Å². The molecule has 3 aromatic rings. The molecule has 0 saturated heterocycles. The molecule has 0 bridgehead atoms. The van der Waals surface area contributed by atoms with Gasteiger partial charge in [0.15, 0.2) is 0 Å². The minimum Gasteiger partial charge on any atom is -0.673 e. The summed E-state index contributed by atoms with van der Waals surface area (Å²) in [7, 11) is -0.614. The molecule has 1 aliphatic rings. The van der Waals surface area contributed by atoms with Gasteiger partial charge in [0.1, 0.15) is 0 Å². The fourth-order valence-electron chi connectivity index (χ4n) is 4.11. The zero-order chi connectivity index (χ0) is 30.3. The first-order valence-corrected chi connectivity index (χ1v) is 17.3. The maximum absolute atomic E-state index is 6.94. The summed E-state index contributed by atoms with van der Waals surface area (Å²) in [5.41, 5.74) is 22.8. The molecule has 218 valence electrons. The Morgan fingerprint density at radius 3 is 1.32 bits per heavy atom. The third-order valence-corrected chi connectivity index (χ3v) is 7.90. The van der Waals surface area contributed by atoms with E-state index in [4.69, 9.17) is 11.5 Å². The summed E-state index contributed by atoms with van der Waals surface area (Å²) in [4.78, 5) is 0. The van der Waals surface area contributed by atoms with E-state index in [0.717, 1.165) is 5.54 Å². The fraction of sp³-hybridized carbons (Fsp3) is 0.351. The number of nitrogens with one attached hydrogen (secondary N) is 2. The van der Waals surface area contributed by atoms with Crippen LogP contribution in [-0.4, -0.2) is 19.9 Å². The SMILES string of the molecule is C(C=Cc1ccccc1)=Cc1ccccc1.CC(C)(C)[NH-].CC(C)(C)[NH-].CC1=C(C)C([SiH](C)C)c2ccccc21.[Ti+2]. The molecule has 0 radical (unpaired) electrons. The number of rotatable bonds is 4. The third-order valence-electron chi connectivity index (χ3n) is 5.71. The van der Waals surface area contributed by atoms with Crippen LogP contribution in [0.15, 0.2) is 103 Å². The standard InChI is InChI=1S/C16H14.C13H18Si.2C4H10N.Ti/c1-3-9-15(10-4-1)13-7-8-14-16-11-5-2-6-12-16;1-9-10(2)13(14(3)4)12-8-6-5-7-11(9)12;2*1-4(2,3)5;/h1-14H;5-8,13-14H,1-4H3;2*5H,1-3H3;/q;;2*-1;+2. The predicted molar refractivity (Wildman–Crippen MR) is 185 cm³/mol. The smallest absolute Gasteiger partial charge is 0.673 e. The van der Waals surface area contributed by atoms with Gasteiger partial charge < -0.3 is 11.5 Å². The second kappa shape index (κ2) is 19.0.